The predicted molar refractivity (Wildman–Crippen MR) is 76.1 cm³/mol. The van der Waals surface area contributed by atoms with Gasteiger partial charge in [0.2, 0.25) is 0 Å². The molecular formula is C15H16FN5O. The molecule has 1 fully saturated rings. The first-order chi connectivity index (χ1) is 10.7. The van der Waals surface area contributed by atoms with Crippen LogP contribution in [-0.4, -0.2) is 39.4 Å². The predicted octanol–water partition coefficient (Wildman–Crippen LogP) is 1.40. The summed E-state index contributed by atoms with van der Waals surface area (Å²) >= 11 is 0. The molecule has 1 unspecified atom stereocenters. The van der Waals surface area contributed by atoms with Crippen molar-refractivity contribution in [3.8, 4) is 6.07 Å². The van der Waals surface area contributed by atoms with Crippen molar-refractivity contribution >= 4 is 0 Å². The van der Waals surface area contributed by atoms with Crippen LogP contribution < -0.4 is 0 Å². The SMILES string of the molecule is Cn1cnnc1C1CN(Cc2ccc(F)cc2C#N)CCO1. The van der Waals surface area contributed by atoms with E-state index in [0.717, 1.165) is 17.9 Å². The summed E-state index contributed by atoms with van der Waals surface area (Å²) in [6.45, 7) is 2.59. The van der Waals surface area contributed by atoms with Crippen molar-refractivity contribution < 1.29 is 9.13 Å². The standard InChI is InChI=1S/C15H16FN5O/c1-20-10-18-19-15(20)14-9-21(4-5-22-14)8-11-2-3-13(16)6-12(11)7-17/h2-3,6,10,14H,4-5,8-9H2,1H3. The molecule has 0 bridgehead atoms. The highest BCUT2D eigenvalue weighted by molar-refractivity contribution is 5.37. The number of aryl methyl sites for hydroxylation is 1. The Morgan fingerprint density at radius 2 is 2.36 bits per heavy atom. The van der Waals surface area contributed by atoms with E-state index in [9.17, 15) is 4.39 Å². The fourth-order valence-corrected chi connectivity index (χ4v) is 2.62. The third kappa shape index (κ3) is 2.98. The molecule has 0 saturated carbocycles. The number of nitriles is 1. The van der Waals surface area contributed by atoms with Crippen LogP contribution in [0.1, 0.15) is 23.1 Å². The average Bonchev–Trinajstić information content (AvgIpc) is 2.95. The fourth-order valence-electron chi connectivity index (χ4n) is 2.62. The number of ether oxygens (including phenoxy) is 1. The molecule has 1 aromatic heterocycles. The zero-order valence-corrected chi connectivity index (χ0v) is 12.2. The lowest BCUT2D eigenvalue weighted by molar-refractivity contribution is -0.0385. The molecule has 1 atom stereocenters. The van der Waals surface area contributed by atoms with Gasteiger partial charge in [0.15, 0.2) is 5.82 Å². The quantitative estimate of drug-likeness (QED) is 0.857. The molecule has 2 heterocycles. The first-order valence-corrected chi connectivity index (χ1v) is 7.03. The van der Waals surface area contributed by atoms with Gasteiger partial charge in [-0.25, -0.2) is 4.39 Å². The van der Waals surface area contributed by atoms with Gasteiger partial charge in [0, 0.05) is 26.7 Å². The molecule has 6 nitrogen and oxygen atoms in total. The van der Waals surface area contributed by atoms with Crippen molar-refractivity contribution in [2.75, 3.05) is 19.7 Å². The maximum absolute atomic E-state index is 13.2. The third-order valence-electron chi connectivity index (χ3n) is 3.77. The minimum absolute atomic E-state index is 0.146. The molecule has 2 aromatic rings. The van der Waals surface area contributed by atoms with E-state index in [-0.39, 0.29) is 11.9 Å². The molecule has 1 aliphatic heterocycles. The van der Waals surface area contributed by atoms with Crippen LogP contribution in [0.2, 0.25) is 0 Å². The zero-order valence-electron chi connectivity index (χ0n) is 12.2. The van der Waals surface area contributed by atoms with Crippen LogP contribution in [0.3, 0.4) is 0 Å². The largest absolute Gasteiger partial charge is 0.368 e. The van der Waals surface area contributed by atoms with Gasteiger partial charge in [-0.2, -0.15) is 5.26 Å². The summed E-state index contributed by atoms with van der Waals surface area (Å²) in [5.41, 5.74) is 1.20. The highest BCUT2D eigenvalue weighted by Crippen LogP contribution is 2.22. The number of nitrogens with zero attached hydrogens (tertiary/aromatic N) is 5. The van der Waals surface area contributed by atoms with Crippen LogP contribution >= 0.6 is 0 Å². The van der Waals surface area contributed by atoms with Gasteiger partial charge in [-0.3, -0.25) is 4.90 Å². The topological polar surface area (TPSA) is 67.0 Å². The Kier molecular flexibility index (Phi) is 4.13. The number of benzene rings is 1. The van der Waals surface area contributed by atoms with Crippen LogP contribution in [0.15, 0.2) is 24.5 Å². The zero-order chi connectivity index (χ0) is 15.5. The van der Waals surface area contributed by atoms with Crippen molar-refractivity contribution in [2.45, 2.75) is 12.6 Å². The van der Waals surface area contributed by atoms with E-state index in [1.165, 1.54) is 12.1 Å². The molecule has 1 aliphatic rings. The number of morpholine rings is 1. The summed E-state index contributed by atoms with van der Waals surface area (Å²) in [5.74, 6) is 0.392. The van der Waals surface area contributed by atoms with Crippen molar-refractivity contribution in [3.63, 3.8) is 0 Å². The van der Waals surface area contributed by atoms with Crippen LogP contribution in [-0.2, 0) is 18.3 Å². The summed E-state index contributed by atoms with van der Waals surface area (Å²) in [4.78, 5) is 2.18. The Labute approximate surface area is 127 Å². The summed E-state index contributed by atoms with van der Waals surface area (Å²) in [7, 11) is 1.88. The molecule has 114 valence electrons. The molecule has 3 rings (SSSR count). The van der Waals surface area contributed by atoms with Crippen LogP contribution in [0, 0.1) is 17.1 Å². The maximum atomic E-state index is 13.2. The van der Waals surface area contributed by atoms with Gasteiger partial charge >= 0.3 is 0 Å². The van der Waals surface area contributed by atoms with Crippen molar-refractivity contribution in [1.29, 1.82) is 5.26 Å². The molecular weight excluding hydrogens is 285 g/mol. The molecule has 0 spiro atoms. The fraction of sp³-hybridized carbons (Fsp3) is 0.400. The molecule has 1 saturated heterocycles. The second kappa shape index (κ2) is 6.22. The number of rotatable bonds is 3. The van der Waals surface area contributed by atoms with Gasteiger partial charge in [-0.1, -0.05) is 6.07 Å². The monoisotopic (exact) mass is 301 g/mol. The lowest BCUT2D eigenvalue weighted by Gasteiger charge is -2.32. The first-order valence-electron chi connectivity index (χ1n) is 7.03. The summed E-state index contributed by atoms with van der Waals surface area (Å²) < 4.78 is 20.8. The maximum Gasteiger partial charge on any atom is 0.163 e. The Hall–Kier alpha value is -2.30. The van der Waals surface area contributed by atoms with E-state index < -0.39 is 0 Å². The van der Waals surface area contributed by atoms with Gasteiger partial charge in [0.05, 0.1) is 18.2 Å². The van der Waals surface area contributed by atoms with E-state index in [2.05, 4.69) is 15.1 Å². The molecule has 22 heavy (non-hydrogen) atoms. The Morgan fingerprint density at radius 1 is 1.50 bits per heavy atom. The summed E-state index contributed by atoms with van der Waals surface area (Å²) in [6.07, 6.45) is 1.50. The van der Waals surface area contributed by atoms with Crippen molar-refractivity contribution in [3.05, 3.63) is 47.3 Å². The van der Waals surface area contributed by atoms with Gasteiger partial charge in [-0.15, -0.1) is 10.2 Å². The normalized spacial score (nSPS) is 19.0. The van der Waals surface area contributed by atoms with Crippen molar-refractivity contribution in [1.82, 2.24) is 19.7 Å². The molecule has 7 heteroatoms. The lowest BCUT2D eigenvalue weighted by Crippen LogP contribution is -2.38. The average molecular weight is 301 g/mol. The van der Waals surface area contributed by atoms with E-state index in [0.29, 0.717) is 25.3 Å². The highest BCUT2D eigenvalue weighted by Gasteiger charge is 2.25. The van der Waals surface area contributed by atoms with Crippen molar-refractivity contribution in [2.24, 2.45) is 7.05 Å². The minimum atomic E-state index is -0.390. The number of hydrogen-bond acceptors (Lipinski definition) is 5. The molecule has 0 radical (unpaired) electrons. The van der Waals surface area contributed by atoms with Gasteiger partial charge in [-0.05, 0) is 17.7 Å². The van der Waals surface area contributed by atoms with Gasteiger partial charge in [0.25, 0.3) is 0 Å². The Morgan fingerprint density at radius 3 is 3.09 bits per heavy atom. The van der Waals surface area contributed by atoms with Gasteiger partial charge < -0.3 is 9.30 Å². The summed E-state index contributed by atoms with van der Waals surface area (Å²) in [5, 5.41) is 17.1. The number of halogens is 1. The number of hydrogen-bond donors (Lipinski definition) is 0. The lowest BCUT2D eigenvalue weighted by atomic mass is 10.1. The van der Waals surface area contributed by atoms with Crippen LogP contribution in [0.4, 0.5) is 4.39 Å². The van der Waals surface area contributed by atoms with E-state index in [1.54, 1.807) is 12.4 Å². The van der Waals surface area contributed by atoms with Gasteiger partial charge in [0.1, 0.15) is 18.2 Å². The minimum Gasteiger partial charge on any atom is -0.368 e. The third-order valence-corrected chi connectivity index (χ3v) is 3.77. The smallest absolute Gasteiger partial charge is 0.163 e. The second-order valence-electron chi connectivity index (χ2n) is 5.31. The molecule has 0 N–H and O–H groups in total. The number of aromatic nitrogens is 3. The Balaban J connectivity index is 1.74. The first kappa shape index (κ1) is 14.6. The van der Waals surface area contributed by atoms with Crippen LogP contribution in [0.5, 0.6) is 0 Å². The Bertz CT molecular complexity index is 708. The molecule has 0 aliphatic carbocycles. The van der Waals surface area contributed by atoms with E-state index in [1.807, 2.05) is 17.7 Å². The van der Waals surface area contributed by atoms with E-state index in [4.69, 9.17) is 10.00 Å². The van der Waals surface area contributed by atoms with E-state index >= 15 is 0 Å². The highest BCUT2D eigenvalue weighted by atomic mass is 19.1. The summed E-state index contributed by atoms with van der Waals surface area (Å²) in [6, 6.07) is 6.38. The second-order valence-corrected chi connectivity index (χ2v) is 5.31. The van der Waals surface area contributed by atoms with Crippen LogP contribution in [0.25, 0.3) is 0 Å². The molecule has 0 amide bonds. The molecule has 1 aromatic carbocycles.